The Kier molecular flexibility index (Phi) is 19.7. The molecule has 0 radical (unpaired) electrons. The van der Waals surface area contributed by atoms with Gasteiger partial charge in [-0.05, 0) is 109 Å². The Bertz CT molecular complexity index is 3680. The second-order valence-electron chi connectivity index (χ2n) is 24.1. The van der Waals surface area contributed by atoms with Crippen LogP contribution >= 0.6 is 18.9 Å². The zero-order valence-corrected chi connectivity index (χ0v) is 50.7. The number of likely N-dealkylation sites (tertiary alicyclic amines) is 1. The van der Waals surface area contributed by atoms with Crippen LogP contribution in [0, 0.1) is 24.2 Å². The molecule has 9 rings (SSSR count). The topological polar surface area (TPSA) is 329 Å². The molecule has 87 heavy (non-hydrogen) atoms. The molecule has 6 amide bonds. The number of thiazole rings is 1. The van der Waals surface area contributed by atoms with Crippen LogP contribution in [-0.2, 0) is 70.5 Å². The first-order valence-corrected chi connectivity index (χ1v) is 31.7. The quantitative estimate of drug-likeness (QED) is 0.0168. The molecule has 6 aromatic rings. The molecule has 458 valence electrons. The van der Waals surface area contributed by atoms with Gasteiger partial charge in [-0.1, -0.05) is 87.5 Å². The lowest BCUT2D eigenvalue weighted by molar-refractivity contribution is -0.146. The van der Waals surface area contributed by atoms with Gasteiger partial charge in [-0.3, -0.25) is 52.6 Å². The molecule has 5 heterocycles. The van der Waals surface area contributed by atoms with E-state index in [1.54, 1.807) is 16.8 Å². The second-order valence-corrected chi connectivity index (χ2v) is 26.4. The highest BCUT2D eigenvalue weighted by Crippen LogP contribution is 2.42. The molecule has 3 aliphatic rings. The first kappa shape index (κ1) is 63.5. The summed E-state index contributed by atoms with van der Waals surface area (Å²) in [6.45, 7) is 7.97. The van der Waals surface area contributed by atoms with Crippen molar-refractivity contribution in [1.29, 1.82) is 0 Å². The van der Waals surface area contributed by atoms with E-state index < -0.39 is 84.0 Å². The van der Waals surface area contributed by atoms with Crippen molar-refractivity contribution in [2.75, 3.05) is 11.4 Å². The van der Waals surface area contributed by atoms with Crippen LogP contribution in [0.25, 0.3) is 21.3 Å². The van der Waals surface area contributed by atoms with E-state index in [0.717, 1.165) is 44.0 Å². The summed E-state index contributed by atoms with van der Waals surface area (Å²) in [5, 5.41) is 19.6. The number of Topliss-reactive ketones (excluding diaryl/α,β-unsaturated/α-hetero) is 2. The Morgan fingerprint density at radius 2 is 1.54 bits per heavy atom. The van der Waals surface area contributed by atoms with Crippen molar-refractivity contribution >= 4 is 88.1 Å². The van der Waals surface area contributed by atoms with E-state index in [9.17, 15) is 62.6 Å². The van der Waals surface area contributed by atoms with Gasteiger partial charge < -0.3 is 46.5 Å². The van der Waals surface area contributed by atoms with E-state index in [1.165, 1.54) is 34.1 Å². The SMILES string of the molecule is Cc1ncsc1-c1ccc(CNC(=O)[C@@H]2C[C@@H](O)CN2C(=O)C(CC(=O)CCCCc2ccc(CNC(=O)[C@H](CCC(N)=O)NC(=O)[C@@H]3Cc4cccc5c4N3C(=O)[C@@H](CC(=O)c3cc4cc(C(=O)P(=O)(O)O)ccc4[nH]3)CC5)cc2)C(C)(C)C)cc1. The number of β-amino-alcohol motifs (C(OH)–C–C–N with tert-alkyl or cyclic N) is 1. The predicted molar refractivity (Wildman–Crippen MR) is 326 cm³/mol. The zero-order valence-electron chi connectivity index (χ0n) is 49.0. The van der Waals surface area contributed by atoms with Crippen molar-refractivity contribution in [3.63, 3.8) is 0 Å². The number of hydrogen-bond donors (Lipinski definition) is 8. The number of benzene rings is 4. The van der Waals surface area contributed by atoms with Gasteiger partial charge in [0, 0.05) is 86.5 Å². The van der Waals surface area contributed by atoms with Crippen LogP contribution in [0.3, 0.4) is 0 Å². The molecule has 21 nitrogen and oxygen atoms in total. The fourth-order valence-corrected chi connectivity index (χ4v) is 13.2. The molecular formula is C64H73N8O13PS. The monoisotopic (exact) mass is 1220 g/mol. The smallest absolute Gasteiger partial charge is 0.391 e. The Morgan fingerprint density at radius 1 is 0.851 bits per heavy atom. The number of anilines is 1. The number of primary amides is 1. The van der Waals surface area contributed by atoms with Crippen molar-refractivity contribution in [1.82, 2.24) is 30.8 Å². The Morgan fingerprint density at radius 3 is 2.22 bits per heavy atom. The van der Waals surface area contributed by atoms with Crippen molar-refractivity contribution in [3.8, 4) is 10.4 Å². The van der Waals surface area contributed by atoms with Gasteiger partial charge in [0.05, 0.1) is 33.6 Å². The minimum Gasteiger partial charge on any atom is -0.391 e. The molecule has 23 heteroatoms. The number of aryl methyl sites for hydroxylation is 3. The lowest BCUT2D eigenvalue weighted by Crippen LogP contribution is -2.55. The van der Waals surface area contributed by atoms with E-state index in [-0.39, 0.29) is 99.9 Å². The number of nitrogens with one attached hydrogen (secondary N) is 4. The maximum atomic E-state index is 14.6. The maximum absolute atomic E-state index is 14.6. The number of amides is 6. The average Bonchev–Trinajstić information content (AvgIpc) is 2.15. The molecule has 0 spiro atoms. The highest BCUT2D eigenvalue weighted by molar-refractivity contribution is 7.70. The third-order valence-corrected chi connectivity index (χ3v) is 18.5. The van der Waals surface area contributed by atoms with Gasteiger partial charge in [-0.15, -0.1) is 11.3 Å². The minimum absolute atomic E-state index is 0.000226. The summed E-state index contributed by atoms with van der Waals surface area (Å²) >= 11 is 1.56. The summed E-state index contributed by atoms with van der Waals surface area (Å²) in [7, 11) is -5.06. The number of carbonyl (C=O) groups is 9. The number of hydrogen-bond acceptors (Lipinski definition) is 13. The third-order valence-electron chi connectivity index (χ3n) is 16.7. The van der Waals surface area contributed by atoms with Gasteiger partial charge in [-0.25, -0.2) is 4.98 Å². The summed E-state index contributed by atoms with van der Waals surface area (Å²) in [6.07, 6.45) is 1.66. The Balaban J connectivity index is 0.750. The van der Waals surface area contributed by atoms with Crippen LogP contribution in [0.4, 0.5) is 5.69 Å². The average molecular weight is 1230 g/mol. The molecule has 9 N–H and O–H groups in total. The number of carbonyl (C=O) groups excluding carboxylic acids is 9. The molecule has 6 atom stereocenters. The molecule has 2 aromatic heterocycles. The van der Waals surface area contributed by atoms with E-state index in [2.05, 4.69) is 25.9 Å². The van der Waals surface area contributed by atoms with Crippen molar-refractivity contribution in [2.45, 2.75) is 142 Å². The number of aliphatic hydroxyl groups excluding tert-OH is 1. The van der Waals surface area contributed by atoms with Crippen LogP contribution < -0.4 is 26.6 Å². The number of aromatic amines is 1. The lowest BCUT2D eigenvalue weighted by Gasteiger charge is -2.34. The number of nitrogens with zero attached hydrogens (tertiary/aromatic N) is 3. The number of rotatable bonds is 25. The largest absolute Gasteiger partial charge is 0.396 e. The van der Waals surface area contributed by atoms with Crippen LogP contribution in [0.5, 0.6) is 0 Å². The fraction of sp³-hybridized carbons (Fsp3) is 0.406. The van der Waals surface area contributed by atoms with Crippen LogP contribution in [0.2, 0.25) is 0 Å². The van der Waals surface area contributed by atoms with Crippen LogP contribution in [-0.4, -0.2) is 113 Å². The van der Waals surface area contributed by atoms with Gasteiger partial charge >= 0.3 is 7.60 Å². The summed E-state index contributed by atoms with van der Waals surface area (Å²) in [5.41, 5.74) is 12.4. The number of H-pyrrole nitrogens is 1. The standard InChI is InChI=1S/C64H73N8O13PS/c1-36-57(87-35-68-36)41-18-16-39(17-19-41)33-67-59(78)52-31-47(74)34-71(52)62(81)48(64(2,3)4)30-46(73)11-6-5-8-37-12-14-38(15-13-37)32-66-58(77)50(24-25-55(65)76)70-60(79)53-28-42-10-7-9-40-20-21-43(61(80)72(53)56(40)42)29-54(75)51-27-45-26-44(22-23-49(45)69-51)63(82)86(83,84)85/h7,9-10,12-19,22-23,26-27,35,43,47-48,50,52-53,69,74H,5-6,8,11,20-21,24-25,28-34H2,1-4H3,(H2,65,76)(H,66,77)(H,67,78)(H,70,79)(H2,83,84,85)/t43-,47-,48?,50+,52+,53+/m1/s1. The van der Waals surface area contributed by atoms with Gasteiger partial charge in [0.2, 0.25) is 35.4 Å². The summed E-state index contributed by atoms with van der Waals surface area (Å²) < 4.78 is 11.6. The molecule has 1 saturated heterocycles. The fourth-order valence-electron chi connectivity index (χ4n) is 11.9. The van der Waals surface area contributed by atoms with E-state index in [0.29, 0.717) is 42.3 Å². The minimum atomic E-state index is -5.06. The highest BCUT2D eigenvalue weighted by Gasteiger charge is 2.46. The Hall–Kier alpha value is -8.01. The number of unbranched alkanes of at least 4 members (excludes halogenated alkanes) is 1. The molecular weight excluding hydrogens is 1150 g/mol. The lowest BCUT2D eigenvalue weighted by atomic mass is 9.76. The summed E-state index contributed by atoms with van der Waals surface area (Å²) in [6, 6.07) is 23.1. The molecule has 1 unspecified atom stereocenters. The van der Waals surface area contributed by atoms with E-state index in [1.807, 2.05) is 94.4 Å². The van der Waals surface area contributed by atoms with Gasteiger partial charge in [-0.2, -0.15) is 0 Å². The van der Waals surface area contributed by atoms with Gasteiger partial charge in [0.25, 0.3) is 5.52 Å². The van der Waals surface area contributed by atoms with Gasteiger partial charge in [0.1, 0.15) is 23.9 Å². The zero-order chi connectivity index (χ0) is 62.5. The first-order valence-electron chi connectivity index (χ1n) is 29.2. The number of nitrogens with two attached hydrogens (primary N) is 1. The normalized spacial score (nSPS) is 18.2. The molecule has 1 fully saturated rings. The molecule has 0 aliphatic carbocycles. The van der Waals surface area contributed by atoms with E-state index >= 15 is 0 Å². The first-order chi connectivity index (χ1) is 41.3. The Labute approximate surface area is 507 Å². The molecule has 4 aromatic carbocycles. The van der Waals surface area contributed by atoms with E-state index in [4.69, 9.17) is 5.73 Å². The van der Waals surface area contributed by atoms with Crippen LogP contribution in [0.1, 0.15) is 133 Å². The highest BCUT2D eigenvalue weighted by atomic mass is 32.1. The van der Waals surface area contributed by atoms with Crippen molar-refractivity contribution in [3.05, 3.63) is 141 Å². The molecule has 3 aliphatic heterocycles. The summed E-state index contributed by atoms with van der Waals surface area (Å²) in [5.74, 6) is -5.12. The molecule has 0 bridgehead atoms. The van der Waals surface area contributed by atoms with Crippen molar-refractivity contribution in [2.24, 2.45) is 23.0 Å². The van der Waals surface area contributed by atoms with Crippen LogP contribution in [0.15, 0.2) is 96.5 Å². The number of aliphatic hydroxyl groups is 1. The number of para-hydroxylation sites is 1. The number of ketones is 2. The maximum Gasteiger partial charge on any atom is 0.396 e. The van der Waals surface area contributed by atoms with Crippen molar-refractivity contribution < 1.29 is 62.6 Å². The number of aromatic nitrogens is 2. The number of fused-ring (bicyclic) bond motifs is 1. The predicted octanol–water partition coefficient (Wildman–Crippen LogP) is 6.69. The second kappa shape index (κ2) is 26.9. The van der Waals surface area contributed by atoms with Gasteiger partial charge in [0.15, 0.2) is 5.78 Å². The molecule has 0 saturated carbocycles. The summed E-state index contributed by atoms with van der Waals surface area (Å²) in [4.78, 5) is 152. The third kappa shape index (κ3) is 15.2.